The number of Topliss-reactive ketones (excluding diaryl/α,β-unsaturated/α-hetero) is 1. The third-order valence-electron chi connectivity index (χ3n) is 6.27. The van der Waals surface area contributed by atoms with Crippen LogP contribution in [0.2, 0.25) is 0 Å². The maximum absolute atomic E-state index is 13.5. The Morgan fingerprint density at radius 3 is 2.49 bits per heavy atom. The minimum Gasteiger partial charge on any atom is -0.378 e. The number of anilines is 1. The molecular weight excluding hydrogens is 452 g/mol. The lowest BCUT2D eigenvalue weighted by Gasteiger charge is -2.24. The van der Waals surface area contributed by atoms with Gasteiger partial charge in [0.25, 0.3) is 0 Å². The van der Waals surface area contributed by atoms with Gasteiger partial charge in [0.2, 0.25) is 5.78 Å². The predicted molar refractivity (Wildman–Crippen MR) is 153 cm³/mol. The number of rotatable bonds is 13. The zero-order chi connectivity index (χ0) is 26.0. The molecule has 0 fully saturated rings. The van der Waals surface area contributed by atoms with Crippen molar-refractivity contribution in [2.24, 2.45) is 0 Å². The number of allylic oxidation sites excluding steroid dienone is 4. The summed E-state index contributed by atoms with van der Waals surface area (Å²) >= 11 is 6.14. The first-order valence-electron chi connectivity index (χ1n) is 12.5. The van der Waals surface area contributed by atoms with Gasteiger partial charge in [0, 0.05) is 16.8 Å². The molecule has 2 N–H and O–H groups in total. The molecule has 0 aliphatic heterocycles. The van der Waals surface area contributed by atoms with Crippen LogP contribution < -0.4 is 5.32 Å². The number of carbonyl (C=O) groups excluding carboxylic acids is 1. The van der Waals surface area contributed by atoms with E-state index in [1.807, 2.05) is 37.3 Å². The molecule has 1 unspecified atom stereocenters. The summed E-state index contributed by atoms with van der Waals surface area (Å²) in [5.74, 6) is -0.228. The number of hydrogen-bond acceptors (Lipinski definition) is 3. The van der Waals surface area contributed by atoms with Crippen LogP contribution in [-0.2, 0) is 0 Å². The molecule has 0 aliphatic carbocycles. The summed E-state index contributed by atoms with van der Waals surface area (Å²) in [5, 5.41) is 12.6. The first kappa shape index (κ1) is 28.3. The van der Waals surface area contributed by atoms with E-state index in [9.17, 15) is 4.79 Å². The fourth-order valence-electron chi connectivity index (χ4n) is 4.16. The summed E-state index contributed by atoms with van der Waals surface area (Å²) in [6.07, 6.45) is 10.2. The van der Waals surface area contributed by atoms with Gasteiger partial charge in [-0.2, -0.15) is 0 Å². The molecule has 0 saturated carbocycles. The van der Waals surface area contributed by atoms with Crippen LogP contribution in [0.3, 0.4) is 0 Å². The Morgan fingerprint density at radius 2 is 1.86 bits per heavy atom. The number of benzene rings is 2. The standard InChI is InChI=1S/C31H39ClN2O/c1-7-10-11-14-28(22(5)17-18-24(32)8-2)34-29-15-12-13-26(30(29)31(35)27(33)9-3)25-19-16-21(4)20-23(25)6/h8,12-13,15-20,28,33-34H,2,7,9-11,14H2,1,3-6H3/b22-17+,24-18+,33-27?. The summed E-state index contributed by atoms with van der Waals surface area (Å²) in [5.41, 5.74) is 6.73. The molecule has 0 bridgehead atoms. The van der Waals surface area contributed by atoms with Crippen molar-refractivity contribution < 1.29 is 4.79 Å². The van der Waals surface area contributed by atoms with Gasteiger partial charge in [-0.3, -0.25) is 4.79 Å². The number of halogens is 1. The van der Waals surface area contributed by atoms with Gasteiger partial charge in [0.15, 0.2) is 0 Å². The Labute approximate surface area is 216 Å². The second-order valence-electron chi connectivity index (χ2n) is 9.07. The third kappa shape index (κ3) is 7.80. The van der Waals surface area contributed by atoms with E-state index >= 15 is 0 Å². The van der Waals surface area contributed by atoms with Crippen molar-refractivity contribution in [1.82, 2.24) is 0 Å². The minimum atomic E-state index is -0.228. The van der Waals surface area contributed by atoms with Gasteiger partial charge in [-0.05, 0) is 62.4 Å². The molecular formula is C31H39ClN2O. The first-order chi connectivity index (χ1) is 16.7. The van der Waals surface area contributed by atoms with Gasteiger partial charge in [-0.15, -0.1) is 0 Å². The Kier molecular flexibility index (Phi) is 11.2. The van der Waals surface area contributed by atoms with Gasteiger partial charge in [0.05, 0.1) is 11.3 Å². The van der Waals surface area contributed by atoms with Gasteiger partial charge >= 0.3 is 0 Å². The van der Waals surface area contributed by atoms with Gasteiger partial charge in [-0.25, -0.2) is 0 Å². The van der Waals surface area contributed by atoms with Crippen LogP contribution in [0.15, 0.2) is 71.8 Å². The maximum Gasteiger partial charge on any atom is 0.209 e. The molecule has 3 nitrogen and oxygen atoms in total. The summed E-state index contributed by atoms with van der Waals surface area (Å²) in [6.45, 7) is 14.0. The largest absolute Gasteiger partial charge is 0.378 e. The van der Waals surface area contributed by atoms with Crippen LogP contribution in [0.25, 0.3) is 11.1 Å². The van der Waals surface area contributed by atoms with Gasteiger partial charge in [-0.1, -0.05) is 105 Å². The van der Waals surface area contributed by atoms with E-state index in [1.165, 1.54) is 5.56 Å². The van der Waals surface area contributed by atoms with E-state index in [-0.39, 0.29) is 17.5 Å². The lowest BCUT2D eigenvalue weighted by molar-refractivity contribution is 0.106. The van der Waals surface area contributed by atoms with E-state index in [0.717, 1.165) is 53.6 Å². The molecule has 4 heteroatoms. The summed E-state index contributed by atoms with van der Waals surface area (Å²) in [6, 6.07) is 12.2. The summed E-state index contributed by atoms with van der Waals surface area (Å²) < 4.78 is 0. The van der Waals surface area contributed by atoms with Crippen molar-refractivity contribution in [3.8, 4) is 11.1 Å². The molecule has 0 radical (unpaired) electrons. The fraction of sp³-hybridized carbons (Fsp3) is 0.355. The van der Waals surface area contributed by atoms with Crippen molar-refractivity contribution >= 4 is 28.8 Å². The fourth-order valence-corrected chi connectivity index (χ4v) is 4.23. The van der Waals surface area contributed by atoms with E-state index in [0.29, 0.717) is 17.0 Å². The van der Waals surface area contributed by atoms with Gasteiger partial charge in [0.1, 0.15) is 0 Å². The van der Waals surface area contributed by atoms with Gasteiger partial charge < -0.3 is 10.7 Å². The molecule has 0 aromatic heterocycles. The molecule has 0 spiro atoms. The van der Waals surface area contributed by atoms with E-state index in [2.05, 4.69) is 57.8 Å². The molecule has 0 heterocycles. The maximum atomic E-state index is 13.5. The van der Waals surface area contributed by atoms with Crippen LogP contribution in [0.4, 0.5) is 5.69 Å². The van der Waals surface area contributed by atoms with Crippen molar-refractivity contribution in [3.05, 3.63) is 88.5 Å². The SMILES string of the molecule is C=C/C(Cl)=C\C=C(/C)C(CCCCC)Nc1cccc(-c2ccc(C)cc2C)c1C(=O)C(=N)CC. The number of hydrogen-bond donors (Lipinski definition) is 2. The molecule has 0 amide bonds. The number of carbonyl (C=O) groups is 1. The average molecular weight is 491 g/mol. The van der Waals surface area contributed by atoms with Crippen LogP contribution in [0.1, 0.15) is 74.4 Å². The second kappa shape index (κ2) is 13.8. The molecule has 35 heavy (non-hydrogen) atoms. The zero-order valence-corrected chi connectivity index (χ0v) is 22.6. The molecule has 2 rings (SSSR count). The minimum absolute atomic E-state index is 0.0313. The Hall–Kier alpha value is -2.91. The Balaban J connectivity index is 2.63. The number of nitrogens with one attached hydrogen (secondary N) is 2. The van der Waals surface area contributed by atoms with Crippen molar-refractivity contribution in [1.29, 1.82) is 5.41 Å². The van der Waals surface area contributed by atoms with E-state index in [1.54, 1.807) is 6.08 Å². The molecule has 2 aromatic rings. The smallest absolute Gasteiger partial charge is 0.209 e. The number of aryl methyl sites for hydroxylation is 2. The van der Waals surface area contributed by atoms with Crippen LogP contribution in [-0.4, -0.2) is 17.5 Å². The Bertz CT molecular complexity index is 1130. The zero-order valence-electron chi connectivity index (χ0n) is 21.8. The lowest BCUT2D eigenvalue weighted by Crippen LogP contribution is -2.24. The molecule has 0 saturated heterocycles. The molecule has 2 aromatic carbocycles. The molecule has 186 valence electrons. The van der Waals surface area contributed by atoms with Crippen molar-refractivity contribution in [2.75, 3.05) is 5.32 Å². The quantitative estimate of drug-likeness (QED) is 0.127. The normalized spacial score (nSPS) is 12.9. The number of ketones is 1. The summed E-state index contributed by atoms with van der Waals surface area (Å²) in [7, 11) is 0. The van der Waals surface area contributed by atoms with Crippen LogP contribution in [0.5, 0.6) is 0 Å². The average Bonchev–Trinajstić information content (AvgIpc) is 2.85. The lowest BCUT2D eigenvalue weighted by atomic mass is 9.89. The topological polar surface area (TPSA) is 53.0 Å². The number of unbranched alkanes of at least 4 members (excludes halogenated alkanes) is 2. The highest BCUT2D eigenvalue weighted by Crippen LogP contribution is 2.34. The molecule has 0 aliphatic rings. The first-order valence-corrected chi connectivity index (χ1v) is 12.9. The Morgan fingerprint density at radius 1 is 1.11 bits per heavy atom. The molecule has 1 atom stereocenters. The van der Waals surface area contributed by atoms with Crippen molar-refractivity contribution in [2.45, 2.75) is 72.8 Å². The van der Waals surface area contributed by atoms with Crippen LogP contribution >= 0.6 is 11.6 Å². The predicted octanol–water partition coefficient (Wildman–Crippen LogP) is 9.20. The summed E-state index contributed by atoms with van der Waals surface area (Å²) in [4.78, 5) is 13.5. The highest BCUT2D eigenvalue weighted by atomic mass is 35.5. The third-order valence-corrected chi connectivity index (χ3v) is 6.55. The van der Waals surface area contributed by atoms with Crippen molar-refractivity contribution in [3.63, 3.8) is 0 Å². The van der Waals surface area contributed by atoms with E-state index in [4.69, 9.17) is 17.0 Å². The van der Waals surface area contributed by atoms with Crippen LogP contribution in [0, 0.1) is 19.3 Å². The highest BCUT2D eigenvalue weighted by Gasteiger charge is 2.23. The highest BCUT2D eigenvalue weighted by molar-refractivity contribution is 6.47. The van der Waals surface area contributed by atoms with E-state index < -0.39 is 0 Å². The second-order valence-corrected chi connectivity index (χ2v) is 9.50. The monoisotopic (exact) mass is 490 g/mol.